The maximum Gasteiger partial charge on any atom is 0.106 e. The molecule has 0 fully saturated rings. The van der Waals surface area contributed by atoms with Gasteiger partial charge in [0, 0.05) is 0 Å². The number of allylic oxidation sites excluding steroid dienone is 2. The normalized spacial score (nSPS) is 17.4. The molecule has 0 radical (unpaired) electrons. The van der Waals surface area contributed by atoms with Gasteiger partial charge in [-0.1, -0.05) is 46.8 Å². The Balaban J connectivity index is 5.30. The summed E-state index contributed by atoms with van der Waals surface area (Å²) in [4.78, 5) is 0. The molecular weight excluding hydrogens is 196 g/mol. The molecule has 0 aromatic rings. The third kappa shape index (κ3) is 3.48. The molecule has 0 unspecified atom stereocenters. The van der Waals surface area contributed by atoms with Gasteiger partial charge < -0.3 is 5.11 Å². The Morgan fingerprint density at radius 2 is 1.25 bits per heavy atom. The lowest BCUT2D eigenvalue weighted by atomic mass is 9.80. The highest BCUT2D eigenvalue weighted by atomic mass is 16.3. The third-order valence-corrected chi connectivity index (χ3v) is 3.24. The molecular formula is C15H28O. The first kappa shape index (κ1) is 15.4. The van der Waals surface area contributed by atoms with Crippen molar-refractivity contribution >= 4 is 0 Å². The maximum absolute atomic E-state index is 10.9. The second kappa shape index (κ2) is 7.67. The molecule has 0 saturated carbocycles. The number of hydrogen-bond acceptors (Lipinski definition) is 1. The predicted molar refractivity (Wildman–Crippen MR) is 72.6 cm³/mol. The summed E-state index contributed by atoms with van der Waals surface area (Å²) in [7, 11) is 0. The van der Waals surface area contributed by atoms with Gasteiger partial charge in [-0.15, -0.1) is 0 Å². The second-order valence-corrected chi connectivity index (χ2v) is 4.20. The summed E-state index contributed by atoms with van der Waals surface area (Å²) in [5, 5.41) is 10.9. The lowest BCUT2D eigenvalue weighted by Gasteiger charge is -2.32. The Morgan fingerprint density at radius 3 is 1.44 bits per heavy atom. The Morgan fingerprint density at radius 1 is 0.875 bits per heavy atom. The standard InChI is InChI=1S/C15H28O/c1-6-11-13(8-3)15(16,10-5)14(9-4)12-7-2/h11-12,16H,6-10H2,1-5H3/b13-11+,14-12+. The topological polar surface area (TPSA) is 20.2 Å². The zero-order chi connectivity index (χ0) is 12.6. The average molecular weight is 224 g/mol. The molecule has 0 atom stereocenters. The van der Waals surface area contributed by atoms with Crippen molar-refractivity contribution in [2.45, 2.75) is 72.3 Å². The van der Waals surface area contributed by atoms with Crippen LogP contribution in [0.1, 0.15) is 66.7 Å². The molecule has 0 aliphatic heterocycles. The molecule has 16 heavy (non-hydrogen) atoms. The molecule has 1 nitrogen and oxygen atoms in total. The van der Waals surface area contributed by atoms with E-state index in [4.69, 9.17) is 0 Å². The van der Waals surface area contributed by atoms with Crippen LogP contribution in [0.25, 0.3) is 0 Å². The first-order valence-electron chi connectivity index (χ1n) is 6.71. The molecule has 0 amide bonds. The van der Waals surface area contributed by atoms with Crippen molar-refractivity contribution in [1.29, 1.82) is 0 Å². The van der Waals surface area contributed by atoms with Gasteiger partial charge in [-0.05, 0) is 43.3 Å². The van der Waals surface area contributed by atoms with E-state index < -0.39 is 5.60 Å². The van der Waals surface area contributed by atoms with Gasteiger partial charge in [-0.2, -0.15) is 0 Å². The van der Waals surface area contributed by atoms with Gasteiger partial charge in [-0.3, -0.25) is 0 Å². The van der Waals surface area contributed by atoms with Crippen molar-refractivity contribution < 1.29 is 5.11 Å². The van der Waals surface area contributed by atoms with Crippen molar-refractivity contribution in [3.63, 3.8) is 0 Å². The predicted octanol–water partition coefficient (Wildman–Crippen LogP) is 4.62. The lowest BCUT2D eigenvalue weighted by molar-refractivity contribution is 0.105. The van der Waals surface area contributed by atoms with Crippen molar-refractivity contribution in [3.8, 4) is 0 Å². The highest BCUT2D eigenvalue weighted by molar-refractivity contribution is 5.32. The van der Waals surface area contributed by atoms with Crippen LogP contribution in [0.4, 0.5) is 0 Å². The number of rotatable bonds is 7. The molecule has 0 aromatic carbocycles. The molecule has 0 aliphatic carbocycles. The van der Waals surface area contributed by atoms with E-state index in [1.807, 2.05) is 0 Å². The van der Waals surface area contributed by atoms with Crippen LogP contribution in [0, 0.1) is 0 Å². The van der Waals surface area contributed by atoms with Gasteiger partial charge in [0.15, 0.2) is 0 Å². The summed E-state index contributed by atoms with van der Waals surface area (Å²) in [6.07, 6.45) is 8.99. The zero-order valence-electron chi connectivity index (χ0n) is 11.6. The van der Waals surface area contributed by atoms with E-state index in [-0.39, 0.29) is 0 Å². The van der Waals surface area contributed by atoms with Gasteiger partial charge in [0.05, 0.1) is 0 Å². The summed E-state index contributed by atoms with van der Waals surface area (Å²) < 4.78 is 0. The Hall–Kier alpha value is -0.560. The fourth-order valence-electron chi connectivity index (χ4n) is 2.36. The Labute approximate surface area is 101 Å². The van der Waals surface area contributed by atoms with E-state index in [2.05, 4.69) is 46.8 Å². The molecule has 0 aromatic heterocycles. The lowest BCUT2D eigenvalue weighted by Crippen LogP contribution is -2.32. The van der Waals surface area contributed by atoms with Crippen molar-refractivity contribution in [3.05, 3.63) is 23.3 Å². The van der Waals surface area contributed by atoms with Crippen LogP contribution in [0.15, 0.2) is 23.3 Å². The fourth-order valence-corrected chi connectivity index (χ4v) is 2.36. The quantitative estimate of drug-likeness (QED) is 0.626. The van der Waals surface area contributed by atoms with Crippen LogP contribution >= 0.6 is 0 Å². The number of hydrogen-bond donors (Lipinski definition) is 1. The molecule has 0 heterocycles. The SMILES string of the molecule is CC/C=C(\CC)C(O)(CC)/C(=C/CC)CC. The van der Waals surface area contributed by atoms with Crippen LogP contribution in [-0.4, -0.2) is 10.7 Å². The zero-order valence-corrected chi connectivity index (χ0v) is 11.6. The summed E-state index contributed by atoms with van der Waals surface area (Å²) in [5.41, 5.74) is 1.66. The van der Waals surface area contributed by atoms with E-state index in [1.54, 1.807) is 0 Å². The van der Waals surface area contributed by atoms with Crippen LogP contribution in [-0.2, 0) is 0 Å². The summed E-state index contributed by atoms with van der Waals surface area (Å²) in [5.74, 6) is 0. The van der Waals surface area contributed by atoms with E-state index in [9.17, 15) is 5.11 Å². The smallest absolute Gasteiger partial charge is 0.106 e. The van der Waals surface area contributed by atoms with Crippen LogP contribution in [0.2, 0.25) is 0 Å². The fraction of sp³-hybridized carbons (Fsp3) is 0.733. The van der Waals surface area contributed by atoms with Gasteiger partial charge >= 0.3 is 0 Å². The van der Waals surface area contributed by atoms with Gasteiger partial charge in [0.1, 0.15) is 5.60 Å². The average Bonchev–Trinajstić information content (AvgIpc) is 2.31. The van der Waals surface area contributed by atoms with E-state index in [1.165, 1.54) is 11.1 Å². The largest absolute Gasteiger partial charge is 0.381 e. The third-order valence-electron chi connectivity index (χ3n) is 3.24. The molecule has 1 N–H and O–H groups in total. The highest BCUT2D eigenvalue weighted by Crippen LogP contribution is 2.33. The minimum atomic E-state index is -0.699. The van der Waals surface area contributed by atoms with Crippen molar-refractivity contribution in [2.24, 2.45) is 0 Å². The van der Waals surface area contributed by atoms with Crippen molar-refractivity contribution in [2.75, 3.05) is 0 Å². The van der Waals surface area contributed by atoms with Gasteiger partial charge in [0.2, 0.25) is 0 Å². The van der Waals surface area contributed by atoms with Crippen LogP contribution in [0.3, 0.4) is 0 Å². The first-order chi connectivity index (χ1) is 7.60. The minimum absolute atomic E-state index is 0.699. The van der Waals surface area contributed by atoms with E-state index in [0.29, 0.717) is 0 Å². The summed E-state index contributed by atoms with van der Waals surface area (Å²) in [6, 6.07) is 0. The van der Waals surface area contributed by atoms with Crippen LogP contribution in [0.5, 0.6) is 0 Å². The maximum atomic E-state index is 10.9. The molecule has 0 spiro atoms. The molecule has 0 saturated heterocycles. The minimum Gasteiger partial charge on any atom is -0.381 e. The molecule has 0 rings (SSSR count). The first-order valence-corrected chi connectivity index (χ1v) is 6.71. The molecule has 0 aliphatic rings. The van der Waals surface area contributed by atoms with E-state index in [0.717, 1.165) is 32.1 Å². The number of aliphatic hydroxyl groups is 1. The molecule has 0 bridgehead atoms. The van der Waals surface area contributed by atoms with E-state index >= 15 is 0 Å². The van der Waals surface area contributed by atoms with Gasteiger partial charge in [-0.25, -0.2) is 0 Å². The van der Waals surface area contributed by atoms with Crippen LogP contribution < -0.4 is 0 Å². The van der Waals surface area contributed by atoms with Gasteiger partial charge in [0.25, 0.3) is 0 Å². The highest BCUT2D eigenvalue weighted by Gasteiger charge is 2.31. The summed E-state index contributed by atoms with van der Waals surface area (Å²) in [6.45, 7) is 10.6. The molecule has 94 valence electrons. The Bertz CT molecular complexity index is 226. The Kier molecular flexibility index (Phi) is 7.40. The monoisotopic (exact) mass is 224 g/mol. The molecule has 1 heteroatoms. The summed E-state index contributed by atoms with van der Waals surface area (Å²) >= 11 is 0. The van der Waals surface area contributed by atoms with Crippen molar-refractivity contribution in [1.82, 2.24) is 0 Å². The second-order valence-electron chi connectivity index (χ2n) is 4.20.